The Morgan fingerprint density at radius 2 is 3.20 bits per heavy atom. The summed E-state index contributed by atoms with van der Waals surface area (Å²) in [6.07, 6.45) is 0. The number of rotatable bonds is 1. The number of hydrogen-bond donors (Lipinski definition) is 1. The van der Waals surface area contributed by atoms with Gasteiger partial charge in [-0.05, 0) is 6.05 Å². The van der Waals surface area contributed by atoms with E-state index in [9.17, 15) is 4.79 Å². The number of nitrogens with two attached hydrogens (primary N) is 1. The highest BCUT2D eigenvalue weighted by Gasteiger charge is 1.69. The van der Waals surface area contributed by atoms with Gasteiger partial charge in [-0.15, -0.1) is 0 Å². The molecule has 0 saturated carbocycles. The van der Waals surface area contributed by atoms with Crippen molar-refractivity contribution in [3.05, 3.63) is 12.6 Å². The van der Waals surface area contributed by atoms with Gasteiger partial charge in [-0.1, -0.05) is 6.53 Å². The number of hydrogen-bond acceptors (Lipinski definition) is 1. The van der Waals surface area contributed by atoms with Gasteiger partial charge in [0.2, 0.25) is 5.91 Å². The van der Waals surface area contributed by atoms with E-state index in [-0.39, 0.29) is 0 Å². The van der Waals surface area contributed by atoms with Crippen LogP contribution >= 0.6 is 0 Å². The van der Waals surface area contributed by atoms with E-state index in [1.165, 1.54) is 0 Å². The lowest BCUT2D eigenvalue weighted by atomic mass is 10.6. The van der Waals surface area contributed by atoms with Gasteiger partial charge >= 0.3 is 0 Å². The lowest BCUT2D eigenvalue weighted by molar-refractivity contribution is -0.113. The Bertz CT molecular complexity index is 137. The highest BCUT2D eigenvalue weighted by atomic mass is 16.1. The maximum absolute atomic E-state index is 9.88. The van der Waals surface area contributed by atoms with Crippen LogP contribution in [0.4, 0.5) is 0 Å². The minimum absolute atomic E-state index is 0.759. The Morgan fingerprint density at radius 1 is 2.60 bits per heavy atom. The molecule has 0 radical (unpaired) electrons. The van der Waals surface area contributed by atoms with Crippen LogP contribution in [-0.4, -0.2) is 5.91 Å². The molecule has 0 rings (SSSR count). The Morgan fingerprint density at radius 3 is 3.20 bits per heavy atom. The molecule has 0 heterocycles. The third-order valence-corrected chi connectivity index (χ3v) is 0.123. The van der Waals surface area contributed by atoms with Crippen LogP contribution in [-0.2, 0) is 4.79 Å². The first-order valence-electron chi connectivity index (χ1n) is 2.49. The van der Waals surface area contributed by atoms with Gasteiger partial charge in [0.05, 0.1) is 4.11 Å². The van der Waals surface area contributed by atoms with Crippen LogP contribution in [0.3, 0.4) is 0 Å². The van der Waals surface area contributed by atoms with Crippen LogP contribution < -0.4 is 5.73 Å². The zero-order valence-electron chi connectivity index (χ0n) is 5.49. The van der Waals surface area contributed by atoms with E-state index in [0.717, 1.165) is 0 Å². The summed E-state index contributed by atoms with van der Waals surface area (Å²) in [7, 11) is 0. The van der Waals surface area contributed by atoms with Gasteiger partial charge in [0, 0.05) is 0 Å². The Kier molecular flexibility index (Phi) is 0.342. The molecule has 0 aliphatic rings. The van der Waals surface area contributed by atoms with Crippen molar-refractivity contribution in [2.75, 3.05) is 0 Å². The molecule has 0 aromatic heterocycles. The van der Waals surface area contributed by atoms with E-state index in [0.29, 0.717) is 0 Å². The second-order valence-corrected chi connectivity index (χ2v) is 0.489. The second-order valence-electron chi connectivity index (χ2n) is 0.489. The topological polar surface area (TPSA) is 43.1 Å². The van der Waals surface area contributed by atoms with E-state index in [2.05, 4.69) is 5.73 Å². The zero-order chi connectivity index (χ0) is 6.73. The van der Waals surface area contributed by atoms with E-state index < -0.39 is 18.5 Å². The molecule has 0 aromatic carbocycles. The van der Waals surface area contributed by atoms with Crippen molar-refractivity contribution in [2.45, 2.75) is 0 Å². The van der Waals surface area contributed by atoms with E-state index in [1.807, 2.05) is 0 Å². The minimum Gasteiger partial charge on any atom is -0.366 e. The fourth-order valence-electron chi connectivity index (χ4n) is 0. The first-order valence-corrected chi connectivity index (χ1v) is 0.993. The maximum Gasteiger partial charge on any atom is 0.240 e. The molecule has 0 unspecified atom stereocenters. The molecule has 0 aromatic rings. The molecule has 28 valence electrons. The molecule has 1 amide bonds. The lowest BCUT2D eigenvalue weighted by Crippen LogP contribution is -2.04. The molecular formula is C3H5NO. The average molecular weight is 74.1 g/mol. The van der Waals surface area contributed by atoms with Gasteiger partial charge in [-0.2, -0.15) is 0 Å². The summed E-state index contributed by atoms with van der Waals surface area (Å²) in [6, 6.07) is -0.759. The molecule has 0 atom stereocenters. The fraction of sp³-hybridized carbons (Fsp3) is 0. The lowest BCUT2D eigenvalue weighted by Gasteiger charge is -1.65. The molecule has 5 heavy (non-hydrogen) atoms. The van der Waals surface area contributed by atoms with Crippen molar-refractivity contribution >= 4 is 5.91 Å². The molecule has 0 spiro atoms. The van der Waals surface area contributed by atoms with Crippen molar-refractivity contribution in [3.63, 3.8) is 0 Å². The van der Waals surface area contributed by atoms with Gasteiger partial charge in [-0.25, -0.2) is 0 Å². The van der Waals surface area contributed by atoms with E-state index in [1.54, 1.807) is 0 Å². The predicted octanol–water partition coefficient (Wildman–Crippen LogP) is -0.342. The first kappa shape index (κ1) is 1.12. The second kappa shape index (κ2) is 1.52. The Balaban J connectivity index is 4.23. The quantitative estimate of drug-likeness (QED) is 0.425. The summed E-state index contributed by atoms with van der Waals surface area (Å²) < 4.78 is 19.3. The Hall–Kier alpha value is -0.790. The first-order chi connectivity index (χ1) is 3.55. The summed E-state index contributed by atoms with van der Waals surface area (Å²) in [4.78, 5) is 9.88. The predicted molar refractivity (Wildman–Crippen MR) is 19.4 cm³/mol. The number of carbonyl (C=O) groups excluding carboxylic acids is 1. The van der Waals surface area contributed by atoms with Crippen LogP contribution in [0.15, 0.2) is 12.6 Å². The SMILES string of the molecule is [2H]C([2H])=C([2H])C(N)=O. The normalized spacial score (nSPS) is 14.0. The van der Waals surface area contributed by atoms with Crippen LogP contribution in [0.25, 0.3) is 0 Å². The highest BCUT2D eigenvalue weighted by Crippen LogP contribution is 1.48. The number of primary amides is 1. The molecule has 2 nitrogen and oxygen atoms in total. The third-order valence-electron chi connectivity index (χ3n) is 0.123. The molecule has 2 N–H and O–H groups in total. The molecule has 0 fully saturated rings. The smallest absolute Gasteiger partial charge is 0.240 e. The van der Waals surface area contributed by atoms with Gasteiger partial charge in [0.15, 0.2) is 0 Å². The molecule has 2 heteroatoms. The number of amides is 1. The molecular weight excluding hydrogens is 66.0 g/mol. The summed E-state index contributed by atoms with van der Waals surface area (Å²) in [5.41, 5.74) is 4.51. The van der Waals surface area contributed by atoms with Crippen molar-refractivity contribution in [3.8, 4) is 0 Å². The largest absolute Gasteiger partial charge is 0.366 e. The molecule has 0 aliphatic heterocycles. The van der Waals surface area contributed by atoms with Crippen molar-refractivity contribution in [1.82, 2.24) is 0 Å². The van der Waals surface area contributed by atoms with Gasteiger partial charge < -0.3 is 5.73 Å². The van der Waals surface area contributed by atoms with Crippen molar-refractivity contribution in [1.29, 1.82) is 0 Å². The fourth-order valence-corrected chi connectivity index (χ4v) is 0. The molecule has 0 saturated heterocycles. The monoisotopic (exact) mass is 74.1 g/mol. The van der Waals surface area contributed by atoms with Gasteiger partial charge in [0.25, 0.3) is 0 Å². The van der Waals surface area contributed by atoms with Crippen LogP contribution in [0.1, 0.15) is 4.11 Å². The summed E-state index contributed by atoms with van der Waals surface area (Å²) in [6.45, 7) is -0.850. The number of carbonyl (C=O) groups is 1. The Labute approximate surface area is 34.5 Å². The zero-order valence-corrected chi connectivity index (χ0v) is 2.49. The van der Waals surface area contributed by atoms with Crippen LogP contribution in [0.5, 0.6) is 0 Å². The van der Waals surface area contributed by atoms with Gasteiger partial charge in [-0.3, -0.25) is 4.79 Å². The summed E-state index contributed by atoms with van der Waals surface area (Å²) >= 11 is 0. The van der Waals surface area contributed by atoms with Gasteiger partial charge in [0.1, 0.15) is 0 Å². The van der Waals surface area contributed by atoms with E-state index in [4.69, 9.17) is 4.11 Å². The van der Waals surface area contributed by atoms with Crippen molar-refractivity contribution in [2.24, 2.45) is 5.73 Å². The molecule has 0 bridgehead atoms. The van der Waals surface area contributed by atoms with E-state index >= 15 is 0 Å². The van der Waals surface area contributed by atoms with Crippen LogP contribution in [0, 0.1) is 0 Å². The van der Waals surface area contributed by atoms with Crippen molar-refractivity contribution < 1.29 is 8.91 Å². The maximum atomic E-state index is 9.88. The van der Waals surface area contributed by atoms with Crippen LogP contribution in [0.2, 0.25) is 0 Å². The highest BCUT2D eigenvalue weighted by molar-refractivity contribution is 5.84. The summed E-state index contributed by atoms with van der Waals surface area (Å²) in [5, 5.41) is 0. The standard InChI is InChI=1S/C3H5NO/c1-2-3(4)5/h2H,1H2,(H2,4,5)/i1D2,2D. The summed E-state index contributed by atoms with van der Waals surface area (Å²) in [5.74, 6) is -1.04. The molecule has 0 aliphatic carbocycles. The minimum atomic E-state index is -1.04. The average Bonchev–Trinajstić information content (AvgIpc) is 1.64. The third kappa shape index (κ3) is 3.21.